The highest BCUT2D eigenvalue weighted by Gasteiger charge is 2.35. The van der Waals surface area contributed by atoms with E-state index in [4.69, 9.17) is 16.7 Å². The Balaban J connectivity index is 0. The van der Waals surface area contributed by atoms with Crippen molar-refractivity contribution in [1.29, 1.82) is 0 Å². The fourth-order valence-corrected chi connectivity index (χ4v) is 1.90. The molecule has 0 aliphatic carbocycles. The fraction of sp³-hybridized carbons (Fsp3) is 0.812. The van der Waals surface area contributed by atoms with Crippen LogP contribution in [0.2, 0.25) is 0 Å². The van der Waals surface area contributed by atoms with Crippen molar-refractivity contribution in [3.8, 4) is 0 Å². The first-order valence-electron chi connectivity index (χ1n) is 8.02. The van der Waals surface area contributed by atoms with Gasteiger partial charge in [0.15, 0.2) is 0 Å². The highest BCUT2D eigenvalue weighted by molar-refractivity contribution is 6.63. The summed E-state index contributed by atoms with van der Waals surface area (Å²) >= 11 is 5.02. The minimum absolute atomic E-state index is 0.164. The molecule has 0 saturated heterocycles. The molecule has 0 fully saturated rings. The average Bonchev–Trinajstić information content (AvgIpc) is 2.48. The number of carbonyl (C=O) groups excluding carboxylic acids is 2. The van der Waals surface area contributed by atoms with Crippen LogP contribution in [-0.2, 0) is 14.4 Å². The van der Waals surface area contributed by atoms with Crippen molar-refractivity contribution >= 4 is 28.7 Å². The summed E-state index contributed by atoms with van der Waals surface area (Å²) in [7, 11) is 0. The molecule has 0 aromatic rings. The first-order chi connectivity index (χ1) is 10.3. The smallest absolute Gasteiger partial charge is 0.329 e. The second-order valence-electron chi connectivity index (χ2n) is 5.20. The van der Waals surface area contributed by atoms with Gasteiger partial charge in [0.2, 0.25) is 11.1 Å². The van der Waals surface area contributed by atoms with E-state index in [2.05, 4.69) is 5.32 Å². The van der Waals surface area contributed by atoms with Crippen molar-refractivity contribution in [2.75, 3.05) is 0 Å². The van der Waals surface area contributed by atoms with Crippen molar-refractivity contribution in [1.82, 2.24) is 5.32 Å². The zero-order valence-electron chi connectivity index (χ0n) is 14.2. The summed E-state index contributed by atoms with van der Waals surface area (Å²) in [4.78, 5) is 32.5. The number of aliphatic carboxylic acids is 1. The van der Waals surface area contributed by atoms with Crippen molar-refractivity contribution in [3.63, 3.8) is 0 Å². The molecule has 5 nitrogen and oxygen atoms in total. The summed E-state index contributed by atoms with van der Waals surface area (Å²) < 4.78 is 0. The number of carboxylic acid groups (broad SMARTS) is 1. The van der Waals surface area contributed by atoms with E-state index in [-0.39, 0.29) is 11.1 Å². The molecule has 1 amide bonds. The van der Waals surface area contributed by atoms with Crippen LogP contribution in [0, 0.1) is 0 Å². The monoisotopic (exact) mass is 335 g/mol. The van der Waals surface area contributed by atoms with Crippen LogP contribution in [-0.4, -0.2) is 27.8 Å². The van der Waals surface area contributed by atoms with Gasteiger partial charge >= 0.3 is 5.97 Å². The van der Waals surface area contributed by atoms with Gasteiger partial charge in [-0.15, -0.1) is 0 Å². The molecule has 0 unspecified atom stereocenters. The van der Waals surface area contributed by atoms with Gasteiger partial charge in [0, 0.05) is 12.8 Å². The predicted octanol–water partition coefficient (Wildman–Crippen LogP) is 3.88. The van der Waals surface area contributed by atoms with Gasteiger partial charge in [-0.3, -0.25) is 9.59 Å². The lowest BCUT2D eigenvalue weighted by molar-refractivity contribution is -0.148. The highest BCUT2D eigenvalue weighted by atomic mass is 35.5. The SMILES string of the molecule is CCCCC(=O)Cl.CCCCC(=O)NC(CC)(CC)C(=O)O. The Hall–Kier alpha value is -1.10. The van der Waals surface area contributed by atoms with E-state index in [0.717, 1.165) is 25.7 Å². The summed E-state index contributed by atoms with van der Waals surface area (Å²) in [5, 5.41) is 11.5. The van der Waals surface area contributed by atoms with E-state index in [9.17, 15) is 14.4 Å². The minimum Gasteiger partial charge on any atom is -0.480 e. The number of hydrogen-bond acceptors (Lipinski definition) is 3. The molecule has 0 saturated carbocycles. The maximum atomic E-state index is 11.5. The Morgan fingerprint density at radius 2 is 1.41 bits per heavy atom. The zero-order chi connectivity index (χ0) is 17.6. The van der Waals surface area contributed by atoms with Gasteiger partial charge in [-0.2, -0.15) is 0 Å². The number of rotatable bonds is 10. The lowest BCUT2D eigenvalue weighted by Crippen LogP contribution is -2.53. The molecule has 0 aliphatic rings. The van der Waals surface area contributed by atoms with Crippen LogP contribution in [0.5, 0.6) is 0 Å². The molecule has 2 N–H and O–H groups in total. The molecule has 0 rings (SSSR count). The average molecular weight is 336 g/mol. The van der Waals surface area contributed by atoms with Crippen LogP contribution in [0.3, 0.4) is 0 Å². The molecule has 0 heterocycles. The van der Waals surface area contributed by atoms with E-state index in [1.807, 2.05) is 13.8 Å². The van der Waals surface area contributed by atoms with E-state index in [1.165, 1.54) is 0 Å². The standard InChI is InChI=1S/C11H21NO3.C5H9ClO/c1-4-7-8-9(13)12-11(5-2,6-3)10(14)15;1-2-3-4-5(6)7/h4-8H2,1-3H3,(H,12,13)(H,14,15);2-4H2,1H3. The summed E-state index contributed by atoms with van der Waals surface area (Å²) in [6, 6.07) is 0. The first kappa shape index (κ1) is 23.2. The Morgan fingerprint density at radius 3 is 1.68 bits per heavy atom. The maximum absolute atomic E-state index is 11.5. The van der Waals surface area contributed by atoms with Crippen molar-refractivity contribution in [2.45, 2.75) is 84.6 Å². The third-order valence-corrected chi connectivity index (χ3v) is 3.67. The second kappa shape index (κ2) is 13.6. The third-order valence-electron chi connectivity index (χ3n) is 3.48. The van der Waals surface area contributed by atoms with Crippen LogP contribution in [0.4, 0.5) is 0 Å². The number of unbranched alkanes of at least 4 members (excludes halogenated alkanes) is 2. The number of hydrogen-bond donors (Lipinski definition) is 2. The van der Waals surface area contributed by atoms with Crippen LogP contribution >= 0.6 is 11.6 Å². The van der Waals surface area contributed by atoms with Gasteiger partial charge < -0.3 is 10.4 Å². The second-order valence-corrected chi connectivity index (χ2v) is 5.63. The normalized spacial score (nSPS) is 10.4. The first-order valence-corrected chi connectivity index (χ1v) is 8.40. The Kier molecular flexibility index (Phi) is 14.3. The number of halogens is 1. The number of carboxylic acids is 1. The molecule has 0 aromatic carbocycles. The van der Waals surface area contributed by atoms with Crippen LogP contribution in [0.25, 0.3) is 0 Å². The summed E-state index contributed by atoms with van der Waals surface area (Å²) in [6.07, 6.45) is 5.46. The van der Waals surface area contributed by atoms with E-state index >= 15 is 0 Å². The number of nitrogens with one attached hydrogen (secondary N) is 1. The molecule has 130 valence electrons. The van der Waals surface area contributed by atoms with Crippen LogP contribution in [0.1, 0.15) is 79.1 Å². The van der Waals surface area contributed by atoms with Crippen molar-refractivity contribution < 1.29 is 19.5 Å². The lowest BCUT2D eigenvalue weighted by Gasteiger charge is -2.28. The summed E-state index contributed by atoms with van der Waals surface area (Å²) in [5.41, 5.74) is -1.08. The molecule has 0 radical (unpaired) electrons. The van der Waals surface area contributed by atoms with Gasteiger partial charge in [0.05, 0.1) is 0 Å². The zero-order valence-corrected chi connectivity index (χ0v) is 15.0. The van der Waals surface area contributed by atoms with E-state index < -0.39 is 11.5 Å². The lowest BCUT2D eigenvalue weighted by atomic mass is 9.92. The molecule has 0 aliphatic heterocycles. The third kappa shape index (κ3) is 10.6. The number of amides is 1. The van der Waals surface area contributed by atoms with E-state index in [0.29, 0.717) is 25.7 Å². The molecule has 6 heteroatoms. The van der Waals surface area contributed by atoms with Gasteiger partial charge in [-0.1, -0.05) is 40.5 Å². The van der Waals surface area contributed by atoms with Gasteiger partial charge in [0.25, 0.3) is 0 Å². The Morgan fingerprint density at radius 1 is 0.955 bits per heavy atom. The van der Waals surface area contributed by atoms with Crippen LogP contribution < -0.4 is 5.32 Å². The summed E-state index contributed by atoms with van der Waals surface area (Å²) in [5.74, 6) is -1.11. The van der Waals surface area contributed by atoms with Gasteiger partial charge in [-0.05, 0) is 37.3 Å². The molecule has 0 aromatic heterocycles. The highest BCUT2D eigenvalue weighted by Crippen LogP contribution is 2.15. The minimum atomic E-state index is -1.08. The summed E-state index contributed by atoms with van der Waals surface area (Å²) in [6.45, 7) is 7.58. The van der Waals surface area contributed by atoms with Gasteiger partial charge in [0.1, 0.15) is 5.54 Å². The quantitative estimate of drug-likeness (QED) is 0.593. The largest absolute Gasteiger partial charge is 0.480 e. The number of carbonyl (C=O) groups is 3. The molecule has 22 heavy (non-hydrogen) atoms. The molecular formula is C16H30ClNO4. The predicted molar refractivity (Wildman–Crippen MR) is 89.0 cm³/mol. The topological polar surface area (TPSA) is 83.5 Å². The van der Waals surface area contributed by atoms with E-state index in [1.54, 1.807) is 13.8 Å². The molecule has 0 atom stereocenters. The Bertz CT molecular complexity index is 341. The van der Waals surface area contributed by atoms with Gasteiger partial charge in [-0.25, -0.2) is 4.79 Å². The molecular weight excluding hydrogens is 306 g/mol. The van der Waals surface area contributed by atoms with Crippen molar-refractivity contribution in [3.05, 3.63) is 0 Å². The Labute approximate surface area is 138 Å². The van der Waals surface area contributed by atoms with Crippen LogP contribution in [0.15, 0.2) is 0 Å². The van der Waals surface area contributed by atoms with Crippen molar-refractivity contribution in [2.24, 2.45) is 0 Å². The molecule has 0 spiro atoms. The fourth-order valence-electron chi connectivity index (χ4n) is 1.77. The molecule has 0 bridgehead atoms. The maximum Gasteiger partial charge on any atom is 0.329 e.